The van der Waals surface area contributed by atoms with Gasteiger partial charge in [0.1, 0.15) is 11.8 Å². The number of carbonyl (C=O) groups is 2. The van der Waals surface area contributed by atoms with Gasteiger partial charge in [-0.15, -0.1) is 0 Å². The van der Waals surface area contributed by atoms with Gasteiger partial charge in [-0.25, -0.2) is 0 Å². The number of carbonyl (C=O) groups excluding carboxylic acids is 2. The molecule has 0 aliphatic carbocycles. The fourth-order valence-corrected chi connectivity index (χ4v) is 3.73. The Labute approximate surface area is 184 Å². The number of hydrogen-bond donors (Lipinski definition) is 1. The van der Waals surface area contributed by atoms with Crippen LogP contribution < -0.4 is 10.1 Å². The number of fused-ring (bicyclic) bond motifs is 1. The minimum Gasteiger partial charge on any atom is -0.483 e. The largest absolute Gasteiger partial charge is 0.483 e. The summed E-state index contributed by atoms with van der Waals surface area (Å²) >= 11 is 0. The van der Waals surface area contributed by atoms with Crippen LogP contribution in [0.1, 0.15) is 25.8 Å². The zero-order valence-electron chi connectivity index (χ0n) is 18.2. The molecule has 0 saturated heterocycles. The first kappa shape index (κ1) is 22.3. The normalized spacial score (nSPS) is 11.7. The number of ether oxygens (including phenoxy) is 1. The summed E-state index contributed by atoms with van der Waals surface area (Å²) in [5.74, 6) is 0.346. The van der Waals surface area contributed by atoms with Gasteiger partial charge in [0.2, 0.25) is 5.91 Å². The van der Waals surface area contributed by atoms with Crippen molar-refractivity contribution in [3.05, 3.63) is 78.4 Å². The quantitative estimate of drug-likeness (QED) is 0.537. The number of benzene rings is 3. The third kappa shape index (κ3) is 5.85. The number of hydrogen-bond acceptors (Lipinski definition) is 3. The minimum atomic E-state index is -0.521. The molecule has 3 aromatic rings. The lowest BCUT2D eigenvalue weighted by Gasteiger charge is -2.30. The topological polar surface area (TPSA) is 58.6 Å². The van der Waals surface area contributed by atoms with Gasteiger partial charge in [0.15, 0.2) is 6.61 Å². The van der Waals surface area contributed by atoms with Gasteiger partial charge in [-0.3, -0.25) is 9.59 Å². The van der Waals surface area contributed by atoms with E-state index in [-0.39, 0.29) is 18.4 Å². The maximum absolute atomic E-state index is 13.2. The second-order valence-corrected chi connectivity index (χ2v) is 7.41. The van der Waals surface area contributed by atoms with Gasteiger partial charge in [-0.2, -0.15) is 0 Å². The highest BCUT2D eigenvalue weighted by Gasteiger charge is 2.28. The molecule has 5 nitrogen and oxygen atoms in total. The number of nitrogens with zero attached hydrogens (tertiary/aromatic N) is 1. The molecule has 0 aliphatic heterocycles. The van der Waals surface area contributed by atoms with Gasteiger partial charge in [0, 0.05) is 18.5 Å². The summed E-state index contributed by atoms with van der Waals surface area (Å²) in [5, 5.41) is 4.87. The first-order valence-corrected chi connectivity index (χ1v) is 10.9. The second-order valence-electron chi connectivity index (χ2n) is 7.41. The molecule has 0 radical (unpaired) electrons. The van der Waals surface area contributed by atoms with Crippen molar-refractivity contribution in [1.82, 2.24) is 10.2 Å². The van der Waals surface area contributed by atoms with Crippen molar-refractivity contribution < 1.29 is 14.3 Å². The van der Waals surface area contributed by atoms with Gasteiger partial charge >= 0.3 is 0 Å². The van der Waals surface area contributed by atoms with E-state index in [0.717, 1.165) is 16.3 Å². The van der Waals surface area contributed by atoms with E-state index in [1.807, 2.05) is 86.6 Å². The van der Waals surface area contributed by atoms with Crippen LogP contribution in [0.2, 0.25) is 0 Å². The van der Waals surface area contributed by atoms with Crippen LogP contribution in [0.15, 0.2) is 72.8 Å². The third-order valence-corrected chi connectivity index (χ3v) is 5.32. The summed E-state index contributed by atoms with van der Waals surface area (Å²) in [7, 11) is 0. The van der Waals surface area contributed by atoms with Gasteiger partial charge < -0.3 is 15.0 Å². The zero-order chi connectivity index (χ0) is 22.1. The van der Waals surface area contributed by atoms with Crippen molar-refractivity contribution in [3.8, 4) is 5.75 Å². The van der Waals surface area contributed by atoms with E-state index < -0.39 is 6.04 Å². The molecule has 0 spiro atoms. The van der Waals surface area contributed by atoms with Crippen molar-refractivity contribution in [2.75, 3.05) is 19.7 Å². The van der Waals surface area contributed by atoms with E-state index in [0.29, 0.717) is 31.7 Å². The summed E-state index contributed by atoms with van der Waals surface area (Å²) in [6.45, 7) is 4.68. The lowest BCUT2D eigenvalue weighted by molar-refractivity contribution is -0.142. The van der Waals surface area contributed by atoms with E-state index in [1.165, 1.54) is 0 Å². The number of rotatable bonds is 10. The average molecular weight is 419 g/mol. The Bertz CT molecular complexity index is 998. The first-order valence-electron chi connectivity index (χ1n) is 10.9. The predicted octanol–water partition coefficient (Wildman–Crippen LogP) is 4.20. The second kappa shape index (κ2) is 11.2. The Kier molecular flexibility index (Phi) is 8.05. The van der Waals surface area contributed by atoms with Crippen LogP contribution >= 0.6 is 0 Å². The van der Waals surface area contributed by atoms with Crippen molar-refractivity contribution in [2.45, 2.75) is 32.7 Å². The monoisotopic (exact) mass is 418 g/mol. The fourth-order valence-electron chi connectivity index (χ4n) is 3.73. The molecule has 0 bridgehead atoms. The van der Waals surface area contributed by atoms with Gasteiger partial charge in [-0.05, 0) is 36.8 Å². The highest BCUT2D eigenvalue weighted by Crippen LogP contribution is 2.25. The molecule has 1 N–H and O–H groups in total. The Morgan fingerprint density at radius 1 is 0.935 bits per heavy atom. The molecule has 0 unspecified atom stereocenters. The van der Waals surface area contributed by atoms with E-state index in [9.17, 15) is 9.59 Å². The van der Waals surface area contributed by atoms with Crippen LogP contribution in [0, 0.1) is 0 Å². The first-order chi connectivity index (χ1) is 15.1. The number of amides is 2. The van der Waals surface area contributed by atoms with Gasteiger partial charge in [0.25, 0.3) is 5.91 Å². The van der Waals surface area contributed by atoms with Crippen LogP contribution in [0.5, 0.6) is 5.75 Å². The molecule has 31 heavy (non-hydrogen) atoms. The molecule has 0 aromatic heterocycles. The SMILES string of the molecule is CCNC(=O)[C@@H](CC)N(CCc1ccccc1)C(=O)COc1cccc2ccccc12. The number of nitrogens with one attached hydrogen (secondary N) is 1. The maximum atomic E-state index is 13.2. The van der Waals surface area contributed by atoms with E-state index >= 15 is 0 Å². The van der Waals surface area contributed by atoms with Gasteiger partial charge in [0.05, 0.1) is 0 Å². The smallest absolute Gasteiger partial charge is 0.261 e. The minimum absolute atomic E-state index is 0.112. The van der Waals surface area contributed by atoms with E-state index in [2.05, 4.69) is 5.32 Å². The molecule has 1 atom stereocenters. The standard InChI is InChI=1S/C26H30N2O3/c1-3-23(26(30)27-4-2)28(18-17-20-11-6-5-7-12-20)25(29)19-31-24-16-10-14-21-13-8-9-15-22(21)24/h5-16,23H,3-4,17-19H2,1-2H3,(H,27,30)/t23-/m1/s1. The average Bonchev–Trinajstić information content (AvgIpc) is 2.81. The molecule has 3 aromatic carbocycles. The van der Waals surface area contributed by atoms with Crippen LogP contribution in [-0.4, -0.2) is 42.5 Å². The Hall–Kier alpha value is -3.34. The molecule has 0 saturated carbocycles. The molecule has 0 heterocycles. The molecular formula is C26H30N2O3. The van der Waals surface area contributed by atoms with Crippen molar-refractivity contribution >= 4 is 22.6 Å². The van der Waals surface area contributed by atoms with Crippen LogP contribution in [0.25, 0.3) is 10.8 Å². The number of likely N-dealkylation sites (N-methyl/N-ethyl adjacent to an activating group) is 1. The predicted molar refractivity (Wildman–Crippen MR) is 124 cm³/mol. The molecule has 0 fully saturated rings. The Morgan fingerprint density at radius 3 is 2.39 bits per heavy atom. The summed E-state index contributed by atoms with van der Waals surface area (Å²) < 4.78 is 5.93. The van der Waals surface area contributed by atoms with Crippen molar-refractivity contribution in [1.29, 1.82) is 0 Å². The molecule has 3 rings (SSSR count). The summed E-state index contributed by atoms with van der Waals surface area (Å²) in [5.41, 5.74) is 1.13. The van der Waals surface area contributed by atoms with Crippen LogP contribution in [0.3, 0.4) is 0 Å². The van der Waals surface area contributed by atoms with Crippen LogP contribution in [0.4, 0.5) is 0 Å². The Morgan fingerprint density at radius 2 is 1.65 bits per heavy atom. The van der Waals surface area contributed by atoms with E-state index in [1.54, 1.807) is 4.90 Å². The molecule has 2 amide bonds. The lowest BCUT2D eigenvalue weighted by atomic mass is 10.1. The van der Waals surface area contributed by atoms with Gasteiger partial charge in [-0.1, -0.05) is 73.7 Å². The highest BCUT2D eigenvalue weighted by molar-refractivity contribution is 5.90. The lowest BCUT2D eigenvalue weighted by Crippen LogP contribution is -2.51. The van der Waals surface area contributed by atoms with E-state index in [4.69, 9.17) is 4.74 Å². The summed E-state index contributed by atoms with van der Waals surface area (Å²) in [6, 6.07) is 23.2. The summed E-state index contributed by atoms with van der Waals surface area (Å²) in [4.78, 5) is 27.5. The maximum Gasteiger partial charge on any atom is 0.261 e. The molecule has 5 heteroatoms. The third-order valence-electron chi connectivity index (χ3n) is 5.32. The van der Waals surface area contributed by atoms with Crippen molar-refractivity contribution in [2.24, 2.45) is 0 Å². The highest BCUT2D eigenvalue weighted by atomic mass is 16.5. The molecule has 162 valence electrons. The molecule has 0 aliphatic rings. The fraction of sp³-hybridized carbons (Fsp3) is 0.308. The Balaban J connectivity index is 1.76. The van der Waals surface area contributed by atoms with Crippen molar-refractivity contribution in [3.63, 3.8) is 0 Å². The molecular weight excluding hydrogens is 388 g/mol. The zero-order valence-corrected chi connectivity index (χ0v) is 18.2. The summed E-state index contributed by atoms with van der Waals surface area (Å²) in [6.07, 6.45) is 1.22. The van der Waals surface area contributed by atoms with Crippen LogP contribution in [-0.2, 0) is 16.0 Å².